The second-order valence-corrected chi connectivity index (χ2v) is 5.23. The third kappa shape index (κ3) is 2.96. The molecule has 0 radical (unpaired) electrons. The van der Waals surface area contributed by atoms with Crippen LogP contribution >= 0.6 is 0 Å². The van der Waals surface area contributed by atoms with E-state index in [-0.39, 0.29) is 11.8 Å². The molecule has 24 heavy (non-hydrogen) atoms. The summed E-state index contributed by atoms with van der Waals surface area (Å²) in [4.78, 5) is 16.5. The highest BCUT2D eigenvalue weighted by Gasteiger charge is 2.14. The number of hydrogen-bond acceptors (Lipinski definition) is 5. The minimum Gasteiger partial charge on any atom is -0.480 e. The number of ether oxygens (including phenoxy) is 1. The van der Waals surface area contributed by atoms with E-state index >= 15 is 0 Å². The minimum absolute atomic E-state index is 0.286. The Labute approximate surface area is 139 Å². The number of amides is 1. The predicted molar refractivity (Wildman–Crippen MR) is 89.9 cm³/mol. The lowest BCUT2D eigenvalue weighted by atomic mass is 10.1. The van der Waals surface area contributed by atoms with Crippen LogP contribution in [0.1, 0.15) is 16.2 Å². The van der Waals surface area contributed by atoms with Gasteiger partial charge in [-0.1, -0.05) is 12.1 Å². The molecule has 7 heteroatoms. The molecule has 7 nitrogen and oxygen atoms in total. The zero-order valence-electron chi connectivity index (χ0n) is 13.6. The number of aryl methyl sites for hydroxylation is 1. The van der Waals surface area contributed by atoms with E-state index in [2.05, 4.69) is 20.5 Å². The van der Waals surface area contributed by atoms with Crippen LogP contribution < -0.4 is 10.1 Å². The van der Waals surface area contributed by atoms with Crippen molar-refractivity contribution in [3.63, 3.8) is 0 Å². The van der Waals surface area contributed by atoms with Gasteiger partial charge in [0.1, 0.15) is 11.4 Å². The highest BCUT2D eigenvalue weighted by molar-refractivity contribution is 6.06. The first-order chi connectivity index (χ1) is 11.6. The normalized spacial score (nSPS) is 10.5. The summed E-state index contributed by atoms with van der Waals surface area (Å²) in [5.41, 5.74) is 1.90. The topological polar surface area (TPSA) is 81.9 Å². The number of rotatable bonds is 4. The third-order valence-corrected chi connectivity index (χ3v) is 3.68. The number of carbonyl (C=O) groups is 1. The van der Waals surface area contributed by atoms with Crippen LogP contribution in [0.2, 0.25) is 0 Å². The van der Waals surface area contributed by atoms with Gasteiger partial charge in [0, 0.05) is 24.5 Å². The molecule has 2 aromatic heterocycles. The minimum atomic E-state index is -0.286. The molecule has 0 saturated heterocycles. The van der Waals surface area contributed by atoms with Crippen LogP contribution in [-0.4, -0.2) is 32.8 Å². The van der Waals surface area contributed by atoms with E-state index in [9.17, 15) is 4.79 Å². The maximum absolute atomic E-state index is 12.4. The van der Waals surface area contributed by atoms with Crippen LogP contribution in [0.4, 0.5) is 5.69 Å². The zero-order valence-corrected chi connectivity index (χ0v) is 13.6. The van der Waals surface area contributed by atoms with E-state index in [0.717, 1.165) is 17.2 Å². The molecule has 1 aromatic carbocycles. The van der Waals surface area contributed by atoms with Gasteiger partial charge in [0.15, 0.2) is 5.82 Å². The molecule has 0 atom stereocenters. The summed E-state index contributed by atoms with van der Waals surface area (Å²) in [6.07, 6.45) is 1.58. The lowest BCUT2D eigenvalue weighted by Crippen LogP contribution is -2.13. The number of carbonyl (C=O) groups excluding carboxylic acids is 1. The van der Waals surface area contributed by atoms with Crippen LogP contribution in [0.25, 0.3) is 11.4 Å². The molecule has 2 heterocycles. The summed E-state index contributed by atoms with van der Waals surface area (Å²) in [7, 11) is 3.38. The van der Waals surface area contributed by atoms with Gasteiger partial charge >= 0.3 is 0 Å². The Morgan fingerprint density at radius 2 is 2.04 bits per heavy atom. The van der Waals surface area contributed by atoms with E-state index in [1.807, 2.05) is 42.8 Å². The number of hydrogen-bond donors (Lipinski definition) is 1. The molecule has 3 aromatic rings. The molecule has 0 aliphatic heterocycles. The lowest BCUT2D eigenvalue weighted by molar-refractivity contribution is 0.102. The van der Waals surface area contributed by atoms with Gasteiger partial charge in [0.05, 0.1) is 7.11 Å². The maximum atomic E-state index is 12.4. The summed E-state index contributed by atoms with van der Waals surface area (Å²) in [6.45, 7) is 1.89. The van der Waals surface area contributed by atoms with E-state index < -0.39 is 0 Å². The number of aromatic nitrogens is 4. The Bertz CT molecular complexity index is 888. The molecule has 0 bridgehead atoms. The summed E-state index contributed by atoms with van der Waals surface area (Å²) >= 11 is 0. The average molecular weight is 323 g/mol. The SMILES string of the molecule is COc1ncccc1C(=O)Nc1cccc(-c2nnc(C)n2C)c1. The van der Waals surface area contributed by atoms with Crippen molar-refractivity contribution in [2.45, 2.75) is 6.92 Å². The van der Waals surface area contributed by atoms with E-state index in [4.69, 9.17) is 4.74 Å². The molecule has 0 aliphatic rings. The second kappa shape index (κ2) is 6.49. The summed E-state index contributed by atoms with van der Waals surface area (Å²) < 4.78 is 7.02. The molecule has 122 valence electrons. The Morgan fingerprint density at radius 3 is 2.75 bits per heavy atom. The van der Waals surface area contributed by atoms with Crippen molar-refractivity contribution in [3.8, 4) is 17.3 Å². The van der Waals surface area contributed by atoms with Gasteiger partial charge in [-0.05, 0) is 31.2 Å². The summed E-state index contributed by atoms with van der Waals surface area (Å²) in [5.74, 6) is 1.56. The van der Waals surface area contributed by atoms with Crippen LogP contribution in [0.5, 0.6) is 5.88 Å². The van der Waals surface area contributed by atoms with Crippen molar-refractivity contribution in [3.05, 3.63) is 54.0 Å². The first-order valence-corrected chi connectivity index (χ1v) is 7.37. The fourth-order valence-corrected chi connectivity index (χ4v) is 2.32. The second-order valence-electron chi connectivity index (χ2n) is 5.23. The zero-order chi connectivity index (χ0) is 17.1. The third-order valence-electron chi connectivity index (χ3n) is 3.68. The number of benzene rings is 1. The molecule has 0 saturated carbocycles. The Hall–Kier alpha value is -3.22. The van der Waals surface area contributed by atoms with Crippen molar-refractivity contribution < 1.29 is 9.53 Å². The standard InChI is InChI=1S/C17H17N5O2/c1-11-20-21-15(22(11)2)12-6-4-7-13(10-12)19-16(23)14-8-5-9-18-17(14)24-3/h4-10H,1-3H3,(H,19,23). The van der Waals surface area contributed by atoms with Gasteiger partial charge in [0.2, 0.25) is 5.88 Å². The van der Waals surface area contributed by atoms with Crippen LogP contribution in [-0.2, 0) is 7.05 Å². The predicted octanol–water partition coefficient (Wildman–Crippen LogP) is 2.45. The molecule has 0 fully saturated rings. The van der Waals surface area contributed by atoms with E-state index in [0.29, 0.717) is 11.3 Å². The van der Waals surface area contributed by atoms with Crippen LogP contribution in [0.3, 0.4) is 0 Å². The van der Waals surface area contributed by atoms with Gasteiger partial charge in [-0.25, -0.2) is 4.98 Å². The van der Waals surface area contributed by atoms with Crippen LogP contribution in [0.15, 0.2) is 42.6 Å². The van der Waals surface area contributed by atoms with Gasteiger partial charge in [-0.3, -0.25) is 4.79 Å². The van der Waals surface area contributed by atoms with Gasteiger partial charge in [0.25, 0.3) is 5.91 Å². The summed E-state index contributed by atoms with van der Waals surface area (Å²) in [5, 5.41) is 11.1. The summed E-state index contributed by atoms with van der Waals surface area (Å²) in [6, 6.07) is 10.8. The fourth-order valence-electron chi connectivity index (χ4n) is 2.32. The molecular weight excluding hydrogens is 306 g/mol. The molecule has 3 rings (SSSR count). The first kappa shape index (κ1) is 15.7. The Kier molecular flexibility index (Phi) is 4.24. The number of anilines is 1. The van der Waals surface area contributed by atoms with Crippen molar-refractivity contribution in [1.82, 2.24) is 19.7 Å². The molecule has 0 unspecified atom stereocenters. The molecule has 1 amide bonds. The quantitative estimate of drug-likeness (QED) is 0.797. The van der Waals surface area contributed by atoms with Gasteiger partial charge < -0.3 is 14.6 Å². The monoisotopic (exact) mass is 323 g/mol. The van der Waals surface area contributed by atoms with Crippen LogP contribution in [0, 0.1) is 6.92 Å². The molecule has 1 N–H and O–H groups in total. The number of pyridine rings is 1. The lowest BCUT2D eigenvalue weighted by Gasteiger charge is -2.09. The first-order valence-electron chi connectivity index (χ1n) is 7.37. The molecule has 0 aliphatic carbocycles. The van der Waals surface area contributed by atoms with E-state index in [1.54, 1.807) is 18.3 Å². The average Bonchev–Trinajstić information content (AvgIpc) is 2.94. The molecular formula is C17H17N5O2. The number of methoxy groups -OCH3 is 1. The fraction of sp³-hybridized carbons (Fsp3) is 0.176. The van der Waals surface area contributed by atoms with Gasteiger partial charge in [-0.15, -0.1) is 10.2 Å². The Balaban J connectivity index is 1.87. The van der Waals surface area contributed by atoms with Crippen molar-refractivity contribution in [2.75, 3.05) is 12.4 Å². The number of nitrogens with zero attached hydrogens (tertiary/aromatic N) is 4. The highest BCUT2D eigenvalue weighted by Crippen LogP contribution is 2.22. The van der Waals surface area contributed by atoms with Crippen molar-refractivity contribution >= 4 is 11.6 Å². The van der Waals surface area contributed by atoms with Crippen molar-refractivity contribution in [2.24, 2.45) is 7.05 Å². The maximum Gasteiger partial charge on any atom is 0.261 e. The molecule has 0 spiro atoms. The largest absolute Gasteiger partial charge is 0.480 e. The van der Waals surface area contributed by atoms with E-state index in [1.165, 1.54) is 7.11 Å². The highest BCUT2D eigenvalue weighted by atomic mass is 16.5. The van der Waals surface area contributed by atoms with Gasteiger partial charge in [-0.2, -0.15) is 0 Å². The Morgan fingerprint density at radius 1 is 1.21 bits per heavy atom. The number of nitrogens with one attached hydrogen (secondary N) is 1. The smallest absolute Gasteiger partial charge is 0.261 e. The van der Waals surface area contributed by atoms with Crippen molar-refractivity contribution in [1.29, 1.82) is 0 Å².